The molecule has 2 aromatic rings. The zero-order valence-corrected chi connectivity index (χ0v) is 16.9. The lowest BCUT2D eigenvalue weighted by atomic mass is 9.84. The number of carbonyl (C=O) groups is 2. The van der Waals surface area contributed by atoms with Gasteiger partial charge in [0, 0.05) is 5.69 Å². The summed E-state index contributed by atoms with van der Waals surface area (Å²) in [5.74, 6) is 1.01. The number of anilines is 1. The van der Waals surface area contributed by atoms with Crippen LogP contribution in [-0.4, -0.2) is 49.4 Å². The SMILES string of the molecule is O=C(C[NH+]1CCN(C(=O)c2ccco2)CC1)Nc1ccc(C2CCCCC2)cc1. The maximum absolute atomic E-state index is 12.4. The predicted octanol–water partition coefficient (Wildman–Crippen LogP) is 2.31. The highest BCUT2D eigenvalue weighted by Crippen LogP contribution is 2.32. The Hall–Kier alpha value is -2.60. The van der Waals surface area contributed by atoms with Gasteiger partial charge in [-0.3, -0.25) is 9.59 Å². The molecule has 2 N–H and O–H groups in total. The highest BCUT2D eigenvalue weighted by Gasteiger charge is 2.27. The Morgan fingerprint density at radius 2 is 1.76 bits per heavy atom. The van der Waals surface area contributed by atoms with E-state index in [4.69, 9.17) is 4.42 Å². The van der Waals surface area contributed by atoms with E-state index in [1.165, 1.54) is 48.8 Å². The Labute approximate surface area is 171 Å². The second-order valence-electron chi connectivity index (χ2n) is 8.20. The lowest BCUT2D eigenvalue weighted by Crippen LogP contribution is -3.15. The Morgan fingerprint density at radius 1 is 1.03 bits per heavy atom. The van der Waals surface area contributed by atoms with E-state index < -0.39 is 0 Å². The summed E-state index contributed by atoms with van der Waals surface area (Å²) in [5, 5.41) is 3.02. The minimum atomic E-state index is -0.0726. The number of benzene rings is 1. The minimum absolute atomic E-state index is 0.0243. The highest BCUT2D eigenvalue weighted by atomic mass is 16.3. The third kappa shape index (κ3) is 5.07. The number of quaternary nitrogens is 1. The van der Waals surface area contributed by atoms with Crippen LogP contribution in [0.2, 0.25) is 0 Å². The number of carbonyl (C=O) groups excluding carboxylic acids is 2. The lowest BCUT2D eigenvalue weighted by molar-refractivity contribution is -0.895. The molecule has 0 atom stereocenters. The number of rotatable bonds is 5. The van der Waals surface area contributed by atoms with E-state index in [1.54, 1.807) is 17.0 Å². The van der Waals surface area contributed by atoms with Crippen molar-refractivity contribution in [1.82, 2.24) is 4.90 Å². The molecule has 4 rings (SSSR count). The molecule has 1 saturated carbocycles. The van der Waals surface area contributed by atoms with Gasteiger partial charge in [0.15, 0.2) is 12.3 Å². The van der Waals surface area contributed by atoms with Crippen molar-refractivity contribution < 1.29 is 18.9 Å². The van der Waals surface area contributed by atoms with E-state index in [-0.39, 0.29) is 11.8 Å². The first-order valence-corrected chi connectivity index (χ1v) is 10.8. The van der Waals surface area contributed by atoms with Crippen molar-refractivity contribution in [2.75, 3.05) is 38.0 Å². The van der Waals surface area contributed by atoms with Crippen LogP contribution in [0.1, 0.15) is 54.1 Å². The molecule has 1 aliphatic heterocycles. The summed E-state index contributed by atoms with van der Waals surface area (Å²) >= 11 is 0. The summed E-state index contributed by atoms with van der Waals surface area (Å²) in [6.07, 6.45) is 8.09. The molecule has 0 spiro atoms. The molecule has 1 aliphatic carbocycles. The molecule has 2 fully saturated rings. The molecule has 1 aromatic heterocycles. The standard InChI is InChI=1S/C23H29N3O3/c27-22(24-20-10-8-19(9-11-20)18-5-2-1-3-6-18)17-25-12-14-26(15-13-25)23(28)21-7-4-16-29-21/h4,7-11,16,18H,1-3,5-6,12-15,17H2,(H,24,27)/p+1. The van der Waals surface area contributed by atoms with Crippen molar-refractivity contribution in [3.8, 4) is 0 Å². The summed E-state index contributed by atoms with van der Waals surface area (Å²) in [5.41, 5.74) is 2.26. The van der Waals surface area contributed by atoms with Gasteiger partial charge in [0.1, 0.15) is 0 Å². The van der Waals surface area contributed by atoms with Gasteiger partial charge in [-0.05, 0) is 48.6 Å². The van der Waals surface area contributed by atoms with Crippen LogP contribution in [0.3, 0.4) is 0 Å². The van der Waals surface area contributed by atoms with Crippen molar-refractivity contribution in [2.45, 2.75) is 38.0 Å². The molecule has 1 saturated heterocycles. The normalized spacial score (nSPS) is 18.6. The Morgan fingerprint density at radius 3 is 2.41 bits per heavy atom. The molecule has 6 heteroatoms. The molecular weight excluding hydrogens is 366 g/mol. The number of hydrogen-bond acceptors (Lipinski definition) is 3. The van der Waals surface area contributed by atoms with Gasteiger partial charge in [0.05, 0.1) is 32.4 Å². The maximum Gasteiger partial charge on any atom is 0.289 e. The van der Waals surface area contributed by atoms with Gasteiger partial charge in [-0.2, -0.15) is 0 Å². The van der Waals surface area contributed by atoms with Crippen molar-refractivity contribution in [3.63, 3.8) is 0 Å². The number of nitrogens with zero attached hydrogens (tertiary/aromatic N) is 1. The second kappa shape index (κ2) is 9.27. The molecule has 0 radical (unpaired) electrons. The number of furan rings is 1. The maximum atomic E-state index is 12.4. The zero-order valence-electron chi connectivity index (χ0n) is 16.9. The van der Waals surface area contributed by atoms with Crippen LogP contribution in [0.5, 0.6) is 0 Å². The first kappa shape index (κ1) is 19.7. The summed E-state index contributed by atoms with van der Waals surface area (Å²) in [4.78, 5) is 27.8. The fourth-order valence-electron chi connectivity index (χ4n) is 4.47. The molecule has 1 aromatic carbocycles. The van der Waals surface area contributed by atoms with E-state index >= 15 is 0 Å². The molecule has 2 heterocycles. The van der Waals surface area contributed by atoms with E-state index in [0.29, 0.717) is 31.3 Å². The van der Waals surface area contributed by atoms with Gasteiger partial charge in [-0.25, -0.2) is 0 Å². The summed E-state index contributed by atoms with van der Waals surface area (Å²) in [7, 11) is 0. The third-order valence-corrected chi connectivity index (χ3v) is 6.17. The Kier molecular flexibility index (Phi) is 6.30. The van der Waals surface area contributed by atoms with Crippen LogP contribution >= 0.6 is 0 Å². The van der Waals surface area contributed by atoms with Crippen LogP contribution < -0.4 is 10.2 Å². The molecule has 2 amide bonds. The van der Waals surface area contributed by atoms with E-state index in [9.17, 15) is 9.59 Å². The van der Waals surface area contributed by atoms with Crippen molar-refractivity contribution in [3.05, 3.63) is 54.0 Å². The molecule has 2 aliphatic rings. The van der Waals surface area contributed by atoms with Gasteiger partial charge in [0.2, 0.25) is 0 Å². The smallest absolute Gasteiger partial charge is 0.289 e. The molecule has 154 valence electrons. The number of nitrogens with one attached hydrogen (secondary N) is 2. The van der Waals surface area contributed by atoms with Crippen LogP contribution in [0.15, 0.2) is 47.1 Å². The fraction of sp³-hybridized carbons (Fsp3) is 0.478. The van der Waals surface area contributed by atoms with E-state index in [2.05, 4.69) is 17.4 Å². The van der Waals surface area contributed by atoms with Crippen LogP contribution in [0.4, 0.5) is 5.69 Å². The van der Waals surface area contributed by atoms with Crippen molar-refractivity contribution >= 4 is 17.5 Å². The summed E-state index contributed by atoms with van der Waals surface area (Å²) in [6.45, 7) is 3.23. The Balaban J connectivity index is 1.22. The highest BCUT2D eigenvalue weighted by molar-refractivity contribution is 5.92. The Bertz CT molecular complexity index is 802. The zero-order chi connectivity index (χ0) is 20.1. The average molecular weight is 397 g/mol. The van der Waals surface area contributed by atoms with Gasteiger partial charge in [0.25, 0.3) is 11.8 Å². The van der Waals surface area contributed by atoms with Crippen LogP contribution in [0.25, 0.3) is 0 Å². The third-order valence-electron chi connectivity index (χ3n) is 6.17. The van der Waals surface area contributed by atoms with Crippen LogP contribution in [0, 0.1) is 0 Å². The van der Waals surface area contributed by atoms with Gasteiger partial charge in [-0.15, -0.1) is 0 Å². The largest absolute Gasteiger partial charge is 0.459 e. The van der Waals surface area contributed by atoms with Gasteiger partial charge in [-0.1, -0.05) is 31.4 Å². The first-order chi connectivity index (χ1) is 14.2. The molecule has 29 heavy (non-hydrogen) atoms. The molecule has 0 bridgehead atoms. The predicted molar refractivity (Wildman–Crippen MR) is 111 cm³/mol. The number of hydrogen-bond donors (Lipinski definition) is 2. The number of piperazine rings is 1. The second-order valence-corrected chi connectivity index (χ2v) is 8.20. The molecular formula is C23H30N3O3+. The minimum Gasteiger partial charge on any atom is -0.459 e. The van der Waals surface area contributed by atoms with E-state index in [1.807, 2.05) is 12.1 Å². The monoisotopic (exact) mass is 396 g/mol. The van der Waals surface area contributed by atoms with Crippen molar-refractivity contribution in [1.29, 1.82) is 0 Å². The number of amides is 2. The molecule has 0 unspecified atom stereocenters. The lowest BCUT2D eigenvalue weighted by Gasteiger charge is -2.31. The van der Waals surface area contributed by atoms with Crippen LogP contribution in [-0.2, 0) is 4.79 Å². The summed E-state index contributed by atoms with van der Waals surface area (Å²) in [6, 6.07) is 11.8. The van der Waals surface area contributed by atoms with Gasteiger partial charge < -0.3 is 19.5 Å². The van der Waals surface area contributed by atoms with E-state index in [0.717, 1.165) is 18.8 Å². The van der Waals surface area contributed by atoms with Gasteiger partial charge >= 0.3 is 0 Å². The van der Waals surface area contributed by atoms with Crippen molar-refractivity contribution in [2.24, 2.45) is 0 Å². The summed E-state index contributed by atoms with van der Waals surface area (Å²) < 4.78 is 5.19. The quantitative estimate of drug-likeness (QED) is 0.815. The average Bonchev–Trinajstić information content (AvgIpc) is 3.30. The first-order valence-electron chi connectivity index (χ1n) is 10.8. The fourth-order valence-corrected chi connectivity index (χ4v) is 4.47. The molecule has 6 nitrogen and oxygen atoms in total. The topological polar surface area (TPSA) is 67.0 Å².